The fourth-order valence-corrected chi connectivity index (χ4v) is 4.43. The first-order valence-electron chi connectivity index (χ1n) is 9.61. The molecule has 0 radical (unpaired) electrons. The summed E-state index contributed by atoms with van der Waals surface area (Å²) in [5, 5.41) is 9.14. The largest absolute Gasteiger partial charge is 0.472 e. The van der Waals surface area contributed by atoms with Crippen molar-refractivity contribution in [2.24, 2.45) is 5.92 Å². The first-order chi connectivity index (χ1) is 13.7. The number of fused-ring (bicyclic) bond motifs is 2. The SMILES string of the molecule is CO[C@@H]1CC[C@H]2C[C@@H]1[C@@H](Oc1ccccn1)CN2C(=O)c1cccc(C#N)c1. The van der Waals surface area contributed by atoms with Crippen molar-refractivity contribution in [2.45, 2.75) is 37.5 Å². The van der Waals surface area contributed by atoms with Crippen LogP contribution in [-0.2, 0) is 4.74 Å². The molecule has 4 rings (SSSR count). The van der Waals surface area contributed by atoms with Crippen molar-refractivity contribution in [1.82, 2.24) is 9.88 Å². The molecule has 28 heavy (non-hydrogen) atoms. The molecule has 0 N–H and O–H groups in total. The van der Waals surface area contributed by atoms with Gasteiger partial charge in [-0.2, -0.15) is 5.26 Å². The minimum atomic E-state index is -0.181. The predicted octanol–water partition coefficient (Wildman–Crippen LogP) is 3.04. The highest BCUT2D eigenvalue weighted by atomic mass is 16.5. The number of hydrogen-bond donors (Lipinski definition) is 0. The third kappa shape index (κ3) is 3.58. The van der Waals surface area contributed by atoms with Gasteiger partial charge in [0.25, 0.3) is 5.91 Å². The highest BCUT2D eigenvalue weighted by Gasteiger charge is 2.46. The number of nitrogens with zero attached hydrogens (tertiary/aromatic N) is 3. The number of rotatable bonds is 4. The summed E-state index contributed by atoms with van der Waals surface area (Å²) in [5.41, 5.74) is 1.04. The van der Waals surface area contributed by atoms with E-state index in [-0.39, 0.29) is 30.1 Å². The lowest BCUT2D eigenvalue weighted by molar-refractivity contribution is -0.0851. The number of nitriles is 1. The maximum absolute atomic E-state index is 13.2. The lowest BCUT2D eigenvalue weighted by atomic mass is 9.75. The number of methoxy groups -OCH3 is 1. The summed E-state index contributed by atoms with van der Waals surface area (Å²) < 4.78 is 11.9. The van der Waals surface area contributed by atoms with Crippen LogP contribution >= 0.6 is 0 Å². The second kappa shape index (κ2) is 7.99. The van der Waals surface area contributed by atoms with Gasteiger partial charge in [0.2, 0.25) is 5.88 Å². The standard InChI is InChI=1S/C22H23N3O3/c1-27-19-9-8-17-12-18(19)20(28-21-7-2-3-10-24-21)14-25(17)22(26)16-6-4-5-15(11-16)13-23/h2-7,10-11,17-20H,8-9,12,14H2,1H3/t17-,18-,19+,20-/m0/s1. The molecule has 2 aliphatic rings. The van der Waals surface area contributed by atoms with E-state index < -0.39 is 0 Å². The molecule has 6 nitrogen and oxygen atoms in total. The van der Waals surface area contributed by atoms with E-state index in [0.29, 0.717) is 23.6 Å². The van der Waals surface area contributed by atoms with Gasteiger partial charge in [-0.25, -0.2) is 4.98 Å². The van der Waals surface area contributed by atoms with E-state index in [1.54, 1.807) is 37.6 Å². The van der Waals surface area contributed by atoms with Crippen LogP contribution in [0.3, 0.4) is 0 Å². The Hall–Kier alpha value is -2.91. The minimum Gasteiger partial charge on any atom is -0.472 e. The van der Waals surface area contributed by atoms with Crippen LogP contribution < -0.4 is 4.74 Å². The summed E-state index contributed by atoms with van der Waals surface area (Å²) in [6, 6.07) is 14.7. The van der Waals surface area contributed by atoms with Crippen molar-refractivity contribution in [2.75, 3.05) is 13.7 Å². The molecule has 1 saturated carbocycles. The van der Waals surface area contributed by atoms with Crippen LogP contribution in [-0.4, -0.2) is 47.7 Å². The molecule has 1 amide bonds. The van der Waals surface area contributed by atoms with Gasteiger partial charge in [0.05, 0.1) is 24.3 Å². The molecule has 2 bridgehead atoms. The number of piperidine rings is 1. The summed E-state index contributed by atoms with van der Waals surface area (Å²) >= 11 is 0. The fraction of sp³-hybridized carbons (Fsp3) is 0.409. The number of likely N-dealkylation sites (tertiary alicyclic amines) is 1. The average molecular weight is 377 g/mol. The van der Waals surface area contributed by atoms with Gasteiger partial charge in [-0.05, 0) is 43.5 Å². The van der Waals surface area contributed by atoms with Crippen molar-refractivity contribution >= 4 is 5.91 Å². The normalized spacial score (nSPS) is 26.4. The molecular weight excluding hydrogens is 354 g/mol. The quantitative estimate of drug-likeness (QED) is 0.819. The number of ether oxygens (including phenoxy) is 2. The first-order valence-corrected chi connectivity index (χ1v) is 9.61. The van der Waals surface area contributed by atoms with E-state index in [1.165, 1.54) is 0 Å². The fourth-order valence-electron chi connectivity index (χ4n) is 4.43. The molecule has 0 spiro atoms. The predicted molar refractivity (Wildman–Crippen MR) is 103 cm³/mol. The van der Waals surface area contributed by atoms with E-state index >= 15 is 0 Å². The van der Waals surface area contributed by atoms with Gasteiger partial charge in [0.15, 0.2) is 0 Å². The summed E-state index contributed by atoms with van der Waals surface area (Å²) in [4.78, 5) is 19.4. The number of pyridine rings is 1. The van der Waals surface area contributed by atoms with Crippen molar-refractivity contribution in [3.63, 3.8) is 0 Å². The van der Waals surface area contributed by atoms with Gasteiger partial charge in [0, 0.05) is 36.9 Å². The van der Waals surface area contributed by atoms with E-state index in [4.69, 9.17) is 14.7 Å². The van der Waals surface area contributed by atoms with E-state index in [9.17, 15) is 4.79 Å². The van der Waals surface area contributed by atoms with Gasteiger partial charge in [0.1, 0.15) is 6.10 Å². The maximum Gasteiger partial charge on any atom is 0.254 e. The van der Waals surface area contributed by atoms with Crippen LogP contribution in [0.1, 0.15) is 35.2 Å². The molecule has 2 fully saturated rings. The van der Waals surface area contributed by atoms with Crippen molar-refractivity contribution < 1.29 is 14.3 Å². The van der Waals surface area contributed by atoms with Crippen molar-refractivity contribution in [3.8, 4) is 11.9 Å². The van der Waals surface area contributed by atoms with Crippen molar-refractivity contribution in [1.29, 1.82) is 5.26 Å². The maximum atomic E-state index is 13.2. The van der Waals surface area contributed by atoms with Crippen molar-refractivity contribution in [3.05, 3.63) is 59.8 Å². The smallest absolute Gasteiger partial charge is 0.254 e. The van der Waals surface area contributed by atoms with Crippen LogP contribution in [0.4, 0.5) is 0 Å². The van der Waals surface area contributed by atoms with Gasteiger partial charge >= 0.3 is 0 Å². The Labute approximate surface area is 164 Å². The van der Waals surface area contributed by atoms with Crippen LogP contribution in [0.15, 0.2) is 48.7 Å². The Morgan fingerprint density at radius 1 is 1.21 bits per heavy atom. The number of aromatic nitrogens is 1. The zero-order valence-corrected chi connectivity index (χ0v) is 15.8. The van der Waals surface area contributed by atoms with Crippen LogP contribution in [0.2, 0.25) is 0 Å². The monoisotopic (exact) mass is 377 g/mol. The molecule has 4 atom stereocenters. The number of amides is 1. The molecule has 144 valence electrons. The second-order valence-corrected chi connectivity index (χ2v) is 7.38. The number of hydrogen-bond acceptors (Lipinski definition) is 5. The van der Waals surface area contributed by atoms with Gasteiger partial charge < -0.3 is 14.4 Å². The molecule has 0 unspecified atom stereocenters. The molecule has 1 saturated heterocycles. The van der Waals surface area contributed by atoms with Gasteiger partial charge in [-0.3, -0.25) is 4.79 Å². The molecule has 1 aliphatic heterocycles. The highest BCUT2D eigenvalue weighted by Crippen LogP contribution is 2.38. The summed E-state index contributed by atoms with van der Waals surface area (Å²) in [5.74, 6) is 0.733. The van der Waals surface area contributed by atoms with Crippen LogP contribution in [0.25, 0.3) is 0 Å². The molecular formula is C22H23N3O3. The average Bonchev–Trinajstić information content (AvgIpc) is 2.76. The topological polar surface area (TPSA) is 75.5 Å². The lowest BCUT2D eigenvalue weighted by Gasteiger charge is -2.49. The van der Waals surface area contributed by atoms with Gasteiger partial charge in [-0.1, -0.05) is 12.1 Å². The number of carbonyl (C=O) groups is 1. The molecule has 1 aromatic carbocycles. The lowest BCUT2D eigenvalue weighted by Crippen LogP contribution is -2.59. The third-order valence-electron chi connectivity index (χ3n) is 5.81. The third-order valence-corrected chi connectivity index (χ3v) is 5.81. The second-order valence-electron chi connectivity index (χ2n) is 7.38. The Bertz CT molecular complexity index is 880. The summed E-state index contributed by atoms with van der Waals surface area (Å²) in [6.07, 6.45) is 4.31. The van der Waals surface area contributed by atoms with Crippen LogP contribution in [0.5, 0.6) is 5.88 Å². The molecule has 2 heterocycles. The Morgan fingerprint density at radius 3 is 2.86 bits per heavy atom. The van der Waals surface area contributed by atoms with E-state index in [2.05, 4.69) is 11.1 Å². The van der Waals surface area contributed by atoms with E-state index in [1.807, 2.05) is 23.1 Å². The number of benzene rings is 1. The molecule has 1 aliphatic carbocycles. The first kappa shape index (κ1) is 18.5. The summed E-state index contributed by atoms with van der Waals surface area (Å²) in [6.45, 7) is 0.487. The Kier molecular flexibility index (Phi) is 5.27. The van der Waals surface area contributed by atoms with E-state index in [0.717, 1.165) is 19.3 Å². The Morgan fingerprint density at radius 2 is 2.11 bits per heavy atom. The highest BCUT2D eigenvalue weighted by molar-refractivity contribution is 5.95. The zero-order valence-electron chi connectivity index (χ0n) is 15.8. The number of carbonyl (C=O) groups excluding carboxylic acids is 1. The van der Waals surface area contributed by atoms with Crippen LogP contribution in [0, 0.1) is 17.2 Å². The summed E-state index contributed by atoms with van der Waals surface area (Å²) in [7, 11) is 1.74. The molecule has 1 aromatic heterocycles. The minimum absolute atomic E-state index is 0.0500. The Balaban J connectivity index is 1.60. The molecule has 6 heteroatoms. The molecule has 2 aromatic rings. The zero-order chi connectivity index (χ0) is 19.5. The van der Waals surface area contributed by atoms with Gasteiger partial charge in [-0.15, -0.1) is 0 Å².